The highest BCUT2D eigenvalue weighted by Gasteiger charge is 2.32. The van der Waals surface area contributed by atoms with Crippen LogP contribution in [0.2, 0.25) is 0 Å². The molecule has 1 fully saturated rings. The Morgan fingerprint density at radius 1 is 1.31 bits per heavy atom. The zero-order valence-electron chi connectivity index (χ0n) is 16.2. The van der Waals surface area contributed by atoms with Gasteiger partial charge in [-0.05, 0) is 43.2 Å². The number of halogens is 1. The van der Waals surface area contributed by atoms with Gasteiger partial charge >= 0.3 is 0 Å². The van der Waals surface area contributed by atoms with Crippen LogP contribution in [0.1, 0.15) is 25.3 Å². The van der Waals surface area contributed by atoms with Crippen LogP contribution >= 0.6 is 11.8 Å². The molecular weight excluding hydrogens is 393 g/mol. The molecule has 0 saturated carbocycles. The van der Waals surface area contributed by atoms with E-state index in [1.165, 1.54) is 6.07 Å². The monoisotopic (exact) mass is 415 g/mol. The van der Waals surface area contributed by atoms with Crippen molar-refractivity contribution in [3.63, 3.8) is 0 Å². The molecule has 2 amide bonds. The summed E-state index contributed by atoms with van der Waals surface area (Å²) in [6, 6.07) is 11.8. The van der Waals surface area contributed by atoms with Crippen molar-refractivity contribution in [2.75, 3.05) is 11.9 Å². The molecule has 2 aromatic carbocycles. The first-order valence-electron chi connectivity index (χ1n) is 9.30. The first-order chi connectivity index (χ1) is 14.0. The predicted molar refractivity (Wildman–Crippen MR) is 113 cm³/mol. The second-order valence-electron chi connectivity index (χ2n) is 6.54. The molecule has 6 nitrogen and oxygen atoms in total. The Bertz CT molecular complexity index is 949. The molecule has 0 aromatic heterocycles. The molecule has 0 spiro atoms. The number of nitrogens with one attached hydrogen (secondary N) is 2. The summed E-state index contributed by atoms with van der Waals surface area (Å²) in [5.41, 5.74) is 1.50. The van der Waals surface area contributed by atoms with Crippen LogP contribution in [0, 0.1) is 12.7 Å². The summed E-state index contributed by atoms with van der Waals surface area (Å²) in [7, 11) is 0. The van der Waals surface area contributed by atoms with Gasteiger partial charge in [0.25, 0.3) is 0 Å². The van der Waals surface area contributed by atoms with Crippen molar-refractivity contribution < 1.29 is 18.7 Å². The van der Waals surface area contributed by atoms with Gasteiger partial charge in [0.2, 0.25) is 11.8 Å². The van der Waals surface area contributed by atoms with Crippen LogP contribution < -0.4 is 15.4 Å². The third-order valence-corrected chi connectivity index (χ3v) is 5.24. The number of benzene rings is 2. The number of aryl methyl sites for hydroxylation is 1. The molecule has 152 valence electrons. The average Bonchev–Trinajstić information content (AvgIpc) is 3.02. The van der Waals surface area contributed by atoms with E-state index < -0.39 is 5.25 Å². The highest BCUT2D eigenvalue weighted by atomic mass is 32.2. The smallest absolute Gasteiger partial charge is 0.240 e. The Labute approximate surface area is 172 Å². The van der Waals surface area contributed by atoms with Gasteiger partial charge in [-0.1, -0.05) is 36.9 Å². The lowest BCUT2D eigenvalue weighted by molar-refractivity contribution is -0.122. The Morgan fingerprint density at radius 3 is 2.86 bits per heavy atom. The summed E-state index contributed by atoms with van der Waals surface area (Å²) in [6.45, 7) is 4.22. The number of thioether (sulfide) groups is 1. The molecule has 29 heavy (non-hydrogen) atoms. The Morgan fingerprint density at radius 2 is 2.10 bits per heavy atom. The molecule has 0 radical (unpaired) electrons. The van der Waals surface area contributed by atoms with Crippen molar-refractivity contribution in [2.45, 2.75) is 31.9 Å². The first-order valence-corrected chi connectivity index (χ1v) is 10.2. The van der Waals surface area contributed by atoms with Gasteiger partial charge in [-0.25, -0.2) is 9.38 Å². The number of hydrogen-bond donors (Lipinski definition) is 2. The Hall–Kier alpha value is -2.87. The van der Waals surface area contributed by atoms with Crippen LogP contribution in [0.15, 0.2) is 47.5 Å². The molecular formula is C21H22FN3O3S. The number of para-hydroxylation sites is 2. The summed E-state index contributed by atoms with van der Waals surface area (Å²) < 4.78 is 19.3. The van der Waals surface area contributed by atoms with Crippen molar-refractivity contribution >= 4 is 40.1 Å². The fraction of sp³-hybridized carbons (Fsp3) is 0.286. The van der Waals surface area contributed by atoms with Crippen LogP contribution in [-0.2, 0) is 9.59 Å². The Balaban J connectivity index is 1.62. The number of aliphatic imine (C=N–C) groups is 1. The minimum absolute atomic E-state index is 0.0140. The fourth-order valence-corrected chi connectivity index (χ4v) is 3.63. The topological polar surface area (TPSA) is 79.8 Å². The van der Waals surface area contributed by atoms with Crippen LogP contribution in [0.25, 0.3) is 0 Å². The summed E-state index contributed by atoms with van der Waals surface area (Å²) in [5, 5.41) is 5.19. The van der Waals surface area contributed by atoms with E-state index in [-0.39, 0.29) is 24.1 Å². The second kappa shape index (κ2) is 9.56. The summed E-state index contributed by atoms with van der Waals surface area (Å²) >= 11 is 1.16. The molecule has 0 aliphatic carbocycles. The van der Waals surface area contributed by atoms with Gasteiger partial charge in [0.05, 0.1) is 18.0 Å². The van der Waals surface area contributed by atoms with E-state index >= 15 is 0 Å². The van der Waals surface area contributed by atoms with Gasteiger partial charge < -0.3 is 15.4 Å². The number of ether oxygens (including phenoxy) is 1. The molecule has 0 bridgehead atoms. The van der Waals surface area contributed by atoms with E-state index in [9.17, 15) is 14.0 Å². The number of nitrogens with zero attached hydrogens (tertiary/aromatic N) is 1. The van der Waals surface area contributed by atoms with Gasteiger partial charge in [0.1, 0.15) is 16.8 Å². The lowest BCUT2D eigenvalue weighted by Gasteiger charge is -2.12. The van der Waals surface area contributed by atoms with Crippen LogP contribution in [0.3, 0.4) is 0 Å². The van der Waals surface area contributed by atoms with E-state index in [1.807, 2.05) is 13.0 Å². The van der Waals surface area contributed by atoms with Crippen molar-refractivity contribution in [1.29, 1.82) is 0 Å². The number of anilines is 1. The number of rotatable bonds is 7. The summed E-state index contributed by atoms with van der Waals surface area (Å²) in [5.74, 6) is -0.365. The van der Waals surface area contributed by atoms with Crippen LogP contribution in [0.5, 0.6) is 5.75 Å². The molecule has 3 rings (SSSR count). The first kappa shape index (κ1) is 20.9. The average molecular weight is 415 g/mol. The zero-order valence-corrected chi connectivity index (χ0v) is 17.0. The standard InChI is InChI=1S/C21H22FN3O3S/c1-3-10-28-17-7-5-4-6-16(17)24-19(26)12-18-20(27)25-21(29-18)23-14-9-8-13(2)15(22)11-14/h4-9,11,18H,3,10,12H2,1-2H3,(H,24,26)(H,23,25,27)/t18-/m1/s1. The lowest BCUT2D eigenvalue weighted by atomic mass is 10.2. The molecule has 1 heterocycles. The third kappa shape index (κ3) is 5.57. The van der Waals surface area contributed by atoms with E-state index in [0.29, 0.717) is 34.5 Å². The summed E-state index contributed by atoms with van der Waals surface area (Å²) in [6.07, 6.45) is 0.841. The largest absolute Gasteiger partial charge is 0.491 e. The van der Waals surface area contributed by atoms with Crippen LogP contribution in [0.4, 0.5) is 15.8 Å². The zero-order chi connectivity index (χ0) is 20.8. The molecule has 1 aliphatic heterocycles. The van der Waals surface area contributed by atoms with Crippen molar-refractivity contribution in [3.8, 4) is 5.75 Å². The molecule has 1 saturated heterocycles. The summed E-state index contributed by atoms with van der Waals surface area (Å²) in [4.78, 5) is 28.9. The second-order valence-corrected chi connectivity index (χ2v) is 7.73. The maximum absolute atomic E-state index is 13.7. The van der Waals surface area contributed by atoms with Crippen molar-refractivity contribution in [2.24, 2.45) is 4.99 Å². The minimum atomic E-state index is -0.604. The molecule has 8 heteroatoms. The molecule has 2 aromatic rings. The number of amides is 2. The van der Waals surface area contributed by atoms with Gasteiger partial charge in [-0.15, -0.1) is 0 Å². The number of hydrogen-bond acceptors (Lipinski definition) is 5. The highest BCUT2D eigenvalue weighted by molar-refractivity contribution is 8.15. The van der Waals surface area contributed by atoms with Gasteiger partial charge in [0.15, 0.2) is 5.17 Å². The molecule has 0 unspecified atom stereocenters. The minimum Gasteiger partial charge on any atom is -0.491 e. The van der Waals surface area contributed by atoms with Crippen molar-refractivity contribution in [1.82, 2.24) is 5.32 Å². The Kier molecular flexibility index (Phi) is 6.87. The molecule has 2 N–H and O–H groups in total. The van der Waals surface area contributed by atoms with Crippen molar-refractivity contribution in [3.05, 3.63) is 53.8 Å². The molecule has 1 atom stereocenters. The van der Waals surface area contributed by atoms with Gasteiger partial charge in [0, 0.05) is 6.42 Å². The third-order valence-electron chi connectivity index (χ3n) is 4.16. The highest BCUT2D eigenvalue weighted by Crippen LogP contribution is 2.28. The molecule has 1 aliphatic rings. The lowest BCUT2D eigenvalue weighted by Crippen LogP contribution is -2.28. The van der Waals surface area contributed by atoms with Gasteiger partial charge in [-0.3, -0.25) is 9.59 Å². The maximum Gasteiger partial charge on any atom is 0.240 e. The van der Waals surface area contributed by atoms with E-state index in [4.69, 9.17) is 4.74 Å². The number of carbonyl (C=O) groups excluding carboxylic acids is 2. The SMILES string of the molecule is CCCOc1ccccc1NC(=O)C[C@H]1SC(=Nc2ccc(C)c(F)c2)NC1=O. The normalized spacial score (nSPS) is 17.3. The fourth-order valence-electron chi connectivity index (χ4n) is 2.64. The number of amidine groups is 1. The quantitative estimate of drug-likeness (QED) is 0.711. The number of carbonyl (C=O) groups is 2. The van der Waals surface area contributed by atoms with E-state index in [2.05, 4.69) is 15.6 Å². The van der Waals surface area contributed by atoms with Gasteiger partial charge in [-0.2, -0.15) is 0 Å². The maximum atomic E-state index is 13.7. The van der Waals surface area contributed by atoms with Crippen LogP contribution in [-0.4, -0.2) is 28.8 Å². The van der Waals surface area contributed by atoms with E-state index in [1.54, 1.807) is 37.3 Å². The predicted octanol–water partition coefficient (Wildman–Crippen LogP) is 4.17. The van der Waals surface area contributed by atoms with E-state index in [0.717, 1.165) is 18.2 Å².